The van der Waals surface area contributed by atoms with Gasteiger partial charge in [-0.05, 0) is 25.0 Å². The Morgan fingerprint density at radius 1 is 1.29 bits per heavy atom. The zero-order chi connectivity index (χ0) is 14.8. The van der Waals surface area contributed by atoms with Crippen molar-refractivity contribution in [2.45, 2.75) is 26.7 Å². The van der Waals surface area contributed by atoms with E-state index in [0.717, 1.165) is 34.7 Å². The molecule has 3 rings (SSSR count). The molecule has 0 fully saturated rings. The first kappa shape index (κ1) is 14.2. The van der Waals surface area contributed by atoms with Gasteiger partial charge in [0.25, 0.3) is 5.89 Å². The third-order valence-electron chi connectivity index (χ3n) is 3.02. The minimum atomic E-state index is 0.470. The van der Waals surface area contributed by atoms with Crippen LogP contribution < -0.4 is 0 Å². The molecule has 0 aliphatic heterocycles. The zero-order valence-electron chi connectivity index (χ0n) is 11.8. The number of aryl methyl sites for hydroxylation is 2. The summed E-state index contributed by atoms with van der Waals surface area (Å²) in [4.78, 5) is 4.55. The van der Waals surface area contributed by atoms with Crippen molar-refractivity contribution in [1.82, 2.24) is 15.2 Å². The second-order valence-electron chi connectivity index (χ2n) is 4.77. The summed E-state index contributed by atoms with van der Waals surface area (Å²) in [6, 6.07) is 5.93. The minimum Gasteiger partial charge on any atom is -0.419 e. The third-order valence-corrected chi connectivity index (χ3v) is 4.16. The van der Waals surface area contributed by atoms with Crippen molar-refractivity contribution in [1.29, 1.82) is 0 Å². The van der Waals surface area contributed by atoms with Crippen molar-refractivity contribution in [3.8, 4) is 22.2 Å². The van der Waals surface area contributed by atoms with Crippen molar-refractivity contribution in [3.63, 3.8) is 0 Å². The van der Waals surface area contributed by atoms with E-state index in [1.54, 1.807) is 0 Å². The van der Waals surface area contributed by atoms with E-state index in [-0.39, 0.29) is 0 Å². The van der Waals surface area contributed by atoms with E-state index < -0.39 is 0 Å². The van der Waals surface area contributed by atoms with Gasteiger partial charge in [0.1, 0.15) is 0 Å². The summed E-state index contributed by atoms with van der Waals surface area (Å²) in [7, 11) is 0. The highest BCUT2D eigenvalue weighted by atomic mass is 35.5. The van der Waals surface area contributed by atoms with Gasteiger partial charge in [0, 0.05) is 17.4 Å². The Hall–Kier alpha value is -1.72. The van der Waals surface area contributed by atoms with E-state index in [9.17, 15) is 0 Å². The number of nitrogens with zero attached hydrogens (tertiary/aromatic N) is 3. The normalized spacial score (nSPS) is 11.0. The van der Waals surface area contributed by atoms with Crippen LogP contribution in [-0.4, -0.2) is 15.2 Å². The number of rotatable bonds is 4. The third kappa shape index (κ3) is 2.99. The first-order valence-electron chi connectivity index (χ1n) is 6.72. The van der Waals surface area contributed by atoms with Crippen LogP contribution in [0, 0.1) is 6.92 Å². The van der Waals surface area contributed by atoms with Gasteiger partial charge in [-0.15, -0.1) is 21.5 Å². The maximum atomic E-state index is 6.28. The van der Waals surface area contributed by atoms with E-state index >= 15 is 0 Å². The molecule has 0 bridgehead atoms. The fourth-order valence-corrected chi connectivity index (χ4v) is 3.05. The Bertz CT molecular complexity index is 766. The second kappa shape index (κ2) is 5.95. The highest BCUT2D eigenvalue weighted by Crippen LogP contribution is 2.32. The van der Waals surface area contributed by atoms with Crippen LogP contribution in [0.5, 0.6) is 0 Å². The van der Waals surface area contributed by atoms with E-state index in [0.29, 0.717) is 16.8 Å². The molecule has 0 atom stereocenters. The fourth-order valence-electron chi connectivity index (χ4n) is 1.98. The Labute approximate surface area is 131 Å². The molecule has 108 valence electrons. The van der Waals surface area contributed by atoms with Gasteiger partial charge in [0.05, 0.1) is 10.7 Å². The van der Waals surface area contributed by atoms with Crippen molar-refractivity contribution in [2.75, 3.05) is 0 Å². The number of benzene rings is 1. The molecule has 0 aliphatic carbocycles. The minimum absolute atomic E-state index is 0.470. The van der Waals surface area contributed by atoms with Crippen LogP contribution >= 0.6 is 22.9 Å². The van der Waals surface area contributed by atoms with Gasteiger partial charge in [-0.25, -0.2) is 4.98 Å². The Morgan fingerprint density at radius 3 is 2.90 bits per heavy atom. The van der Waals surface area contributed by atoms with Gasteiger partial charge in [0.15, 0.2) is 5.01 Å². The molecule has 0 spiro atoms. The number of hydrogen-bond donors (Lipinski definition) is 0. The number of hydrogen-bond acceptors (Lipinski definition) is 5. The lowest BCUT2D eigenvalue weighted by Crippen LogP contribution is -1.82. The molecule has 2 heterocycles. The molecule has 6 heteroatoms. The Morgan fingerprint density at radius 2 is 2.14 bits per heavy atom. The maximum absolute atomic E-state index is 6.28. The van der Waals surface area contributed by atoms with Crippen LogP contribution in [-0.2, 0) is 6.42 Å². The first-order chi connectivity index (χ1) is 10.2. The first-order valence-corrected chi connectivity index (χ1v) is 7.98. The lowest BCUT2D eigenvalue weighted by molar-refractivity contribution is 0.502. The number of thiazole rings is 1. The molecule has 3 aromatic rings. The molecule has 2 aromatic heterocycles. The molecular formula is C15H14ClN3OS. The average molecular weight is 320 g/mol. The number of aromatic nitrogens is 3. The molecule has 21 heavy (non-hydrogen) atoms. The molecule has 0 saturated heterocycles. The molecular weight excluding hydrogens is 306 g/mol. The average Bonchev–Trinajstić information content (AvgIpc) is 3.08. The van der Waals surface area contributed by atoms with E-state index in [2.05, 4.69) is 22.1 Å². The standard InChI is InChI=1S/C15H14ClN3OS/c1-3-4-13-18-19-14(20-13)15-17-12(8-21-15)10-6-5-9(2)7-11(10)16/h5-8H,3-4H2,1-2H3. The second-order valence-corrected chi connectivity index (χ2v) is 6.04. The monoisotopic (exact) mass is 319 g/mol. The lowest BCUT2D eigenvalue weighted by atomic mass is 10.1. The van der Waals surface area contributed by atoms with Crippen molar-refractivity contribution < 1.29 is 4.42 Å². The van der Waals surface area contributed by atoms with Crippen LogP contribution in [0.15, 0.2) is 28.0 Å². The zero-order valence-corrected chi connectivity index (χ0v) is 13.3. The molecule has 0 unspecified atom stereocenters. The van der Waals surface area contributed by atoms with Crippen LogP contribution in [0.3, 0.4) is 0 Å². The summed E-state index contributed by atoms with van der Waals surface area (Å²) in [5.74, 6) is 1.12. The molecule has 0 saturated carbocycles. The summed E-state index contributed by atoms with van der Waals surface area (Å²) < 4.78 is 5.60. The topological polar surface area (TPSA) is 51.8 Å². The van der Waals surface area contributed by atoms with Crippen LogP contribution in [0.4, 0.5) is 0 Å². The van der Waals surface area contributed by atoms with Crippen molar-refractivity contribution in [2.24, 2.45) is 0 Å². The van der Waals surface area contributed by atoms with Gasteiger partial charge in [-0.2, -0.15) is 0 Å². The van der Waals surface area contributed by atoms with Gasteiger partial charge in [-0.3, -0.25) is 0 Å². The maximum Gasteiger partial charge on any atom is 0.276 e. The highest BCUT2D eigenvalue weighted by molar-refractivity contribution is 7.13. The summed E-state index contributed by atoms with van der Waals surface area (Å²) in [6.07, 6.45) is 1.76. The SMILES string of the molecule is CCCc1nnc(-c2nc(-c3ccc(C)cc3Cl)cs2)o1. The molecule has 0 N–H and O–H groups in total. The van der Waals surface area contributed by atoms with Crippen LogP contribution in [0.25, 0.3) is 22.2 Å². The van der Waals surface area contributed by atoms with E-state index in [1.807, 2.05) is 30.5 Å². The van der Waals surface area contributed by atoms with Gasteiger partial charge in [0.2, 0.25) is 5.89 Å². The molecule has 0 radical (unpaired) electrons. The predicted octanol–water partition coefficient (Wildman–Crippen LogP) is 4.77. The summed E-state index contributed by atoms with van der Waals surface area (Å²) in [5.41, 5.74) is 2.87. The predicted molar refractivity (Wildman–Crippen MR) is 84.6 cm³/mol. The number of halogens is 1. The van der Waals surface area contributed by atoms with E-state index in [1.165, 1.54) is 11.3 Å². The van der Waals surface area contributed by atoms with Crippen molar-refractivity contribution >= 4 is 22.9 Å². The molecule has 0 amide bonds. The summed E-state index contributed by atoms with van der Waals surface area (Å²) in [6.45, 7) is 4.08. The largest absolute Gasteiger partial charge is 0.419 e. The molecule has 0 aliphatic rings. The van der Waals surface area contributed by atoms with Gasteiger partial charge >= 0.3 is 0 Å². The Kier molecular flexibility index (Phi) is 4.03. The molecule has 1 aromatic carbocycles. The fraction of sp³-hybridized carbons (Fsp3) is 0.267. The van der Waals surface area contributed by atoms with E-state index in [4.69, 9.17) is 16.0 Å². The smallest absolute Gasteiger partial charge is 0.276 e. The van der Waals surface area contributed by atoms with Crippen molar-refractivity contribution in [3.05, 3.63) is 40.1 Å². The highest BCUT2D eigenvalue weighted by Gasteiger charge is 2.14. The molecule has 4 nitrogen and oxygen atoms in total. The lowest BCUT2D eigenvalue weighted by Gasteiger charge is -2.01. The summed E-state index contributed by atoms with van der Waals surface area (Å²) >= 11 is 7.75. The van der Waals surface area contributed by atoms with Gasteiger partial charge < -0.3 is 4.42 Å². The summed E-state index contributed by atoms with van der Waals surface area (Å²) in [5, 5.41) is 11.4. The van der Waals surface area contributed by atoms with Crippen LogP contribution in [0.1, 0.15) is 24.8 Å². The Balaban J connectivity index is 1.91. The quantitative estimate of drug-likeness (QED) is 0.694. The van der Waals surface area contributed by atoms with Gasteiger partial charge in [-0.1, -0.05) is 30.7 Å². The van der Waals surface area contributed by atoms with Crippen LogP contribution in [0.2, 0.25) is 5.02 Å².